The molecular formula is C15H19FN2O3S. The fourth-order valence-corrected chi connectivity index (χ4v) is 4.41. The van der Waals surface area contributed by atoms with Crippen molar-refractivity contribution in [3.63, 3.8) is 0 Å². The zero-order chi connectivity index (χ0) is 15.9. The summed E-state index contributed by atoms with van der Waals surface area (Å²) in [5, 5.41) is 0. The van der Waals surface area contributed by atoms with Crippen LogP contribution in [0.5, 0.6) is 0 Å². The molecule has 1 aromatic carbocycles. The first-order chi connectivity index (χ1) is 10.4. The van der Waals surface area contributed by atoms with Gasteiger partial charge in [0, 0.05) is 32.1 Å². The molecule has 0 unspecified atom stereocenters. The van der Waals surface area contributed by atoms with Gasteiger partial charge in [0.25, 0.3) is 0 Å². The van der Waals surface area contributed by atoms with Crippen molar-refractivity contribution in [2.75, 3.05) is 26.2 Å². The SMILES string of the molecule is Cc1cc(F)ccc1S(=O)(=O)N1CCN(C(=O)C2CC2)CC1. The van der Waals surface area contributed by atoms with Crippen molar-refractivity contribution in [2.45, 2.75) is 24.7 Å². The van der Waals surface area contributed by atoms with Crippen molar-refractivity contribution in [1.29, 1.82) is 0 Å². The predicted octanol–water partition coefficient (Wildman–Crippen LogP) is 1.38. The summed E-state index contributed by atoms with van der Waals surface area (Å²) in [5.74, 6) is -0.145. The van der Waals surface area contributed by atoms with Crippen LogP contribution in [0.4, 0.5) is 4.39 Å². The van der Waals surface area contributed by atoms with Gasteiger partial charge in [-0.2, -0.15) is 4.31 Å². The summed E-state index contributed by atoms with van der Waals surface area (Å²) >= 11 is 0. The number of rotatable bonds is 3. The van der Waals surface area contributed by atoms with E-state index in [-0.39, 0.29) is 29.8 Å². The van der Waals surface area contributed by atoms with Gasteiger partial charge in [0.2, 0.25) is 15.9 Å². The Hall–Kier alpha value is -1.47. The molecule has 0 aromatic heterocycles. The van der Waals surface area contributed by atoms with Gasteiger partial charge >= 0.3 is 0 Å². The highest BCUT2D eigenvalue weighted by Gasteiger charge is 2.36. The second kappa shape index (κ2) is 5.62. The number of piperazine rings is 1. The highest BCUT2D eigenvalue weighted by Crippen LogP contribution is 2.31. The normalized spacial score (nSPS) is 20.2. The van der Waals surface area contributed by atoms with Gasteiger partial charge < -0.3 is 4.90 Å². The van der Waals surface area contributed by atoms with E-state index in [4.69, 9.17) is 0 Å². The van der Waals surface area contributed by atoms with Crippen LogP contribution in [0.15, 0.2) is 23.1 Å². The minimum absolute atomic E-state index is 0.135. The highest BCUT2D eigenvalue weighted by molar-refractivity contribution is 7.89. The third-order valence-electron chi connectivity index (χ3n) is 4.23. The number of halogens is 1. The monoisotopic (exact) mass is 326 g/mol. The van der Waals surface area contributed by atoms with Crippen LogP contribution in [0.1, 0.15) is 18.4 Å². The van der Waals surface area contributed by atoms with E-state index in [1.54, 1.807) is 11.8 Å². The lowest BCUT2D eigenvalue weighted by atomic mass is 10.2. The third-order valence-corrected chi connectivity index (χ3v) is 6.29. The molecule has 5 nitrogen and oxygen atoms in total. The van der Waals surface area contributed by atoms with Crippen molar-refractivity contribution >= 4 is 15.9 Å². The van der Waals surface area contributed by atoms with Gasteiger partial charge in [0.1, 0.15) is 5.82 Å². The number of aryl methyl sites for hydroxylation is 1. The van der Waals surface area contributed by atoms with Crippen LogP contribution in [-0.4, -0.2) is 49.7 Å². The number of amides is 1. The van der Waals surface area contributed by atoms with Crippen molar-refractivity contribution in [3.8, 4) is 0 Å². The first-order valence-electron chi connectivity index (χ1n) is 7.44. The zero-order valence-corrected chi connectivity index (χ0v) is 13.3. The number of carbonyl (C=O) groups is 1. The zero-order valence-electron chi connectivity index (χ0n) is 12.5. The third kappa shape index (κ3) is 2.87. The molecule has 1 saturated carbocycles. The second-order valence-corrected chi connectivity index (χ2v) is 7.82. The molecular weight excluding hydrogens is 307 g/mol. The molecule has 1 aliphatic heterocycles. The number of hydrogen-bond acceptors (Lipinski definition) is 3. The molecule has 120 valence electrons. The van der Waals surface area contributed by atoms with E-state index in [1.807, 2.05) is 0 Å². The Morgan fingerprint density at radius 3 is 2.36 bits per heavy atom. The summed E-state index contributed by atoms with van der Waals surface area (Å²) in [6, 6.07) is 3.69. The molecule has 0 bridgehead atoms. The van der Waals surface area contributed by atoms with Gasteiger partial charge in [0.05, 0.1) is 4.90 Å². The maximum atomic E-state index is 13.1. The molecule has 0 atom stereocenters. The summed E-state index contributed by atoms with van der Waals surface area (Å²) < 4.78 is 39.8. The van der Waals surface area contributed by atoms with Gasteiger partial charge in [-0.3, -0.25) is 4.79 Å². The van der Waals surface area contributed by atoms with Gasteiger partial charge in [0.15, 0.2) is 0 Å². The molecule has 1 aliphatic carbocycles. The lowest BCUT2D eigenvalue weighted by molar-refractivity contribution is -0.133. The molecule has 0 N–H and O–H groups in total. The maximum Gasteiger partial charge on any atom is 0.243 e. The van der Waals surface area contributed by atoms with E-state index in [1.165, 1.54) is 16.4 Å². The summed E-state index contributed by atoms with van der Waals surface area (Å²) in [6.45, 7) is 3.02. The molecule has 22 heavy (non-hydrogen) atoms. The Labute approximate surface area is 129 Å². The van der Waals surface area contributed by atoms with E-state index in [2.05, 4.69) is 0 Å². The van der Waals surface area contributed by atoms with E-state index in [0.29, 0.717) is 18.7 Å². The first-order valence-corrected chi connectivity index (χ1v) is 8.88. The number of sulfonamides is 1. The van der Waals surface area contributed by atoms with E-state index in [9.17, 15) is 17.6 Å². The van der Waals surface area contributed by atoms with E-state index < -0.39 is 15.8 Å². The van der Waals surface area contributed by atoms with Gasteiger partial charge in [-0.25, -0.2) is 12.8 Å². The van der Waals surface area contributed by atoms with Gasteiger partial charge in [-0.1, -0.05) is 0 Å². The average molecular weight is 326 g/mol. The van der Waals surface area contributed by atoms with Crippen LogP contribution >= 0.6 is 0 Å². The van der Waals surface area contributed by atoms with Crippen molar-refractivity contribution in [2.24, 2.45) is 5.92 Å². The van der Waals surface area contributed by atoms with Crippen molar-refractivity contribution < 1.29 is 17.6 Å². The summed E-state index contributed by atoms with van der Waals surface area (Å²) in [5.41, 5.74) is 0.400. The number of benzene rings is 1. The maximum absolute atomic E-state index is 13.1. The first kappa shape index (κ1) is 15.4. The fourth-order valence-electron chi connectivity index (χ4n) is 2.78. The quantitative estimate of drug-likeness (QED) is 0.843. The Balaban J connectivity index is 1.72. The molecule has 0 radical (unpaired) electrons. The topological polar surface area (TPSA) is 57.7 Å². The number of carbonyl (C=O) groups excluding carboxylic acids is 1. The lowest BCUT2D eigenvalue weighted by Gasteiger charge is -2.34. The van der Waals surface area contributed by atoms with Gasteiger partial charge in [-0.05, 0) is 43.5 Å². The lowest BCUT2D eigenvalue weighted by Crippen LogP contribution is -2.51. The highest BCUT2D eigenvalue weighted by atomic mass is 32.2. The van der Waals surface area contributed by atoms with Crippen LogP contribution in [0.3, 0.4) is 0 Å². The van der Waals surface area contributed by atoms with Crippen LogP contribution < -0.4 is 0 Å². The smallest absolute Gasteiger partial charge is 0.243 e. The van der Waals surface area contributed by atoms with Crippen LogP contribution in [0, 0.1) is 18.7 Å². The molecule has 0 spiro atoms. The summed E-state index contributed by atoms with van der Waals surface area (Å²) in [7, 11) is -3.63. The standard InChI is InChI=1S/C15H19FN2O3S/c1-11-10-13(16)4-5-14(11)22(20,21)18-8-6-17(7-9-18)15(19)12-2-3-12/h4-5,10,12H,2-3,6-9H2,1H3. The van der Waals surface area contributed by atoms with Crippen LogP contribution in [0.2, 0.25) is 0 Å². The molecule has 1 amide bonds. The molecule has 2 fully saturated rings. The Kier molecular flexibility index (Phi) is 3.94. The minimum atomic E-state index is -3.63. The minimum Gasteiger partial charge on any atom is -0.340 e. The van der Waals surface area contributed by atoms with E-state index >= 15 is 0 Å². The predicted molar refractivity (Wildman–Crippen MR) is 79.2 cm³/mol. The van der Waals surface area contributed by atoms with E-state index in [0.717, 1.165) is 18.9 Å². The molecule has 1 heterocycles. The Morgan fingerprint density at radius 1 is 1.18 bits per heavy atom. The Morgan fingerprint density at radius 2 is 1.82 bits per heavy atom. The fraction of sp³-hybridized carbons (Fsp3) is 0.533. The largest absolute Gasteiger partial charge is 0.340 e. The molecule has 1 saturated heterocycles. The van der Waals surface area contributed by atoms with Crippen LogP contribution in [-0.2, 0) is 14.8 Å². The average Bonchev–Trinajstić information content (AvgIpc) is 3.31. The van der Waals surface area contributed by atoms with Crippen molar-refractivity contribution in [1.82, 2.24) is 9.21 Å². The molecule has 1 aromatic rings. The molecule has 7 heteroatoms. The Bertz CT molecular complexity index is 693. The van der Waals surface area contributed by atoms with Crippen LogP contribution in [0.25, 0.3) is 0 Å². The van der Waals surface area contributed by atoms with Gasteiger partial charge in [-0.15, -0.1) is 0 Å². The molecule has 3 rings (SSSR count). The summed E-state index contributed by atoms with van der Waals surface area (Å²) in [6.07, 6.45) is 1.90. The molecule has 2 aliphatic rings. The number of hydrogen-bond donors (Lipinski definition) is 0. The summed E-state index contributed by atoms with van der Waals surface area (Å²) in [4.78, 5) is 13.9. The number of nitrogens with zero attached hydrogens (tertiary/aromatic N) is 2. The second-order valence-electron chi connectivity index (χ2n) is 5.91. The van der Waals surface area contributed by atoms with Crippen molar-refractivity contribution in [3.05, 3.63) is 29.6 Å².